The number of fused-ring (bicyclic) bond motifs is 1. The predicted octanol–water partition coefficient (Wildman–Crippen LogP) is 5.49. The van der Waals surface area contributed by atoms with Crippen LogP contribution in [0.1, 0.15) is 11.1 Å². The molecule has 1 aliphatic heterocycles. The molecule has 30 heavy (non-hydrogen) atoms. The third kappa shape index (κ3) is 5.01. The second-order valence-electron chi connectivity index (χ2n) is 7.19. The third-order valence-electron chi connectivity index (χ3n) is 4.95. The lowest BCUT2D eigenvalue weighted by Crippen LogP contribution is -2.30. The molecule has 0 saturated carbocycles. The van der Waals surface area contributed by atoms with E-state index >= 15 is 0 Å². The predicted molar refractivity (Wildman–Crippen MR) is 131 cm³/mol. The highest BCUT2D eigenvalue weighted by molar-refractivity contribution is 8.00. The Hall–Kier alpha value is -2.83. The Morgan fingerprint density at radius 2 is 1.77 bits per heavy atom. The Morgan fingerprint density at radius 1 is 1.00 bits per heavy atom. The number of rotatable bonds is 5. The van der Waals surface area contributed by atoms with Gasteiger partial charge in [-0.05, 0) is 67.5 Å². The summed E-state index contributed by atoms with van der Waals surface area (Å²) in [6.07, 6.45) is 0.928. The lowest BCUT2D eigenvalue weighted by Gasteiger charge is -2.17. The topological polar surface area (TPSA) is 44.4 Å². The van der Waals surface area contributed by atoms with Gasteiger partial charge in [0.1, 0.15) is 0 Å². The van der Waals surface area contributed by atoms with Gasteiger partial charge in [0.25, 0.3) is 0 Å². The normalized spacial score (nSPS) is 12.4. The number of hydrogen-bond acceptors (Lipinski definition) is 3. The number of para-hydroxylation sites is 1. The Morgan fingerprint density at radius 3 is 2.60 bits per heavy atom. The van der Waals surface area contributed by atoms with Crippen LogP contribution in [0.25, 0.3) is 0 Å². The SMILES string of the molecule is Cc1ccc(NC(=S)Nc2cccc(SCC(=O)N3CCc4ccccc43)c2)cc1. The number of carbonyl (C=O) groups is 1. The molecule has 2 N–H and O–H groups in total. The fourth-order valence-electron chi connectivity index (χ4n) is 3.41. The number of nitrogens with zero attached hydrogens (tertiary/aromatic N) is 1. The van der Waals surface area contributed by atoms with E-state index in [1.54, 1.807) is 11.8 Å². The standard InChI is InChI=1S/C24H23N3OS2/c1-17-9-11-19(12-10-17)25-24(29)26-20-6-4-7-21(15-20)30-16-23(28)27-14-13-18-5-2-3-8-22(18)27/h2-12,15H,13-14,16H2,1H3,(H2,25,26,29). The number of thioether (sulfide) groups is 1. The fourth-order valence-corrected chi connectivity index (χ4v) is 4.48. The minimum atomic E-state index is 0.139. The van der Waals surface area contributed by atoms with E-state index in [9.17, 15) is 4.79 Å². The van der Waals surface area contributed by atoms with Gasteiger partial charge in [0, 0.05) is 28.5 Å². The molecule has 1 amide bonds. The molecule has 1 heterocycles. The van der Waals surface area contributed by atoms with Gasteiger partial charge in [-0.2, -0.15) is 0 Å². The van der Waals surface area contributed by atoms with E-state index < -0.39 is 0 Å². The van der Waals surface area contributed by atoms with Gasteiger partial charge in [-0.15, -0.1) is 11.8 Å². The zero-order valence-corrected chi connectivity index (χ0v) is 18.4. The van der Waals surface area contributed by atoms with Crippen molar-refractivity contribution in [3.05, 3.63) is 83.9 Å². The van der Waals surface area contributed by atoms with Crippen molar-refractivity contribution in [2.24, 2.45) is 0 Å². The summed E-state index contributed by atoms with van der Waals surface area (Å²) in [6, 6.07) is 24.2. The van der Waals surface area contributed by atoms with E-state index in [4.69, 9.17) is 12.2 Å². The van der Waals surface area contributed by atoms with Crippen molar-refractivity contribution in [1.29, 1.82) is 0 Å². The van der Waals surface area contributed by atoms with E-state index in [2.05, 4.69) is 23.6 Å². The summed E-state index contributed by atoms with van der Waals surface area (Å²) in [5, 5.41) is 6.93. The van der Waals surface area contributed by atoms with E-state index in [1.165, 1.54) is 11.1 Å². The number of nitrogens with one attached hydrogen (secondary N) is 2. The van der Waals surface area contributed by atoms with Crippen LogP contribution in [0.5, 0.6) is 0 Å². The molecule has 0 aliphatic carbocycles. The summed E-state index contributed by atoms with van der Waals surface area (Å²) < 4.78 is 0. The number of anilines is 3. The van der Waals surface area contributed by atoms with Crippen molar-refractivity contribution in [2.75, 3.05) is 27.8 Å². The molecule has 4 rings (SSSR count). The second kappa shape index (κ2) is 9.32. The summed E-state index contributed by atoms with van der Waals surface area (Å²) in [7, 11) is 0. The quantitative estimate of drug-likeness (QED) is 0.412. The summed E-state index contributed by atoms with van der Waals surface area (Å²) in [5.41, 5.74) is 5.34. The molecule has 0 saturated heterocycles. The van der Waals surface area contributed by atoms with Crippen LogP contribution in [0.4, 0.5) is 17.1 Å². The smallest absolute Gasteiger partial charge is 0.237 e. The Balaban J connectivity index is 1.33. The van der Waals surface area contributed by atoms with Gasteiger partial charge in [-0.25, -0.2) is 0 Å². The maximum Gasteiger partial charge on any atom is 0.237 e. The maximum atomic E-state index is 12.7. The van der Waals surface area contributed by atoms with E-state index in [1.807, 2.05) is 71.6 Å². The molecule has 3 aromatic rings. The van der Waals surface area contributed by atoms with E-state index in [-0.39, 0.29) is 5.91 Å². The Kier molecular flexibility index (Phi) is 6.35. The molecule has 3 aromatic carbocycles. The number of benzene rings is 3. The van der Waals surface area contributed by atoms with Crippen LogP contribution >= 0.6 is 24.0 Å². The largest absolute Gasteiger partial charge is 0.332 e. The molecule has 0 aromatic heterocycles. The van der Waals surface area contributed by atoms with Gasteiger partial charge < -0.3 is 15.5 Å². The van der Waals surface area contributed by atoms with Gasteiger partial charge in [-0.1, -0.05) is 42.0 Å². The molecule has 0 spiro atoms. The first kappa shape index (κ1) is 20.4. The molecule has 152 valence electrons. The number of aryl methyl sites for hydroxylation is 1. The van der Waals surface area contributed by atoms with Gasteiger partial charge >= 0.3 is 0 Å². The zero-order chi connectivity index (χ0) is 20.9. The summed E-state index contributed by atoms with van der Waals surface area (Å²) in [4.78, 5) is 15.7. The molecular weight excluding hydrogens is 410 g/mol. The van der Waals surface area contributed by atoms with Crippen LogP contribution in [0, 0.1) is 6.92 Å². The molecular formula is C24H23N3OS2. The molecule has 0 unspecified atom stereocenters. The first-order valence-electron chi connectivity index (χ1n) is 9.84. The van der Waals surface area contributed by atoms with Crippen molar-refractivity contribution >= 4 is 52.1 Å². The van der Waals surface area contributed by atoms with Crippen LogP contribution < -0.4 is 15.5 Å². The maximum absolute atomic E-state index is 12.7. The van der Waals surface area contributed by atoms with Crippen LogP contribution in [0.2, 0.25) is 0 Å². The molecule has 0 atom stereocenters. The van der Waals surface area contributed by atoms with Crippen molar-refractivity contribution in [1.82, 2.24) is 0 Å². The highest BCUT2D eigenvalue weighted by atomic mass is 32.2. The number of thiocarbonyl (C=S) groups is 1. The lowest BCUT2D eigenvalue weighted by molar-refractivity contribution is -0.116. The first-order valence-corrected chi connectivity index (χ1v) is 11.2. The first-order chi connectivity index (χ1) is 14.6. The molecule has 4 nitrogen and oxygen atoms in total. The zero-order valence-electron chi connectivity index (χ0n) is 16.7. The average molecular weight is 434 g/mol. The van der Waals surface area contributed by atoms with Crippen LogP contribution in [0.3, 0.4) is 0 Å². The van der Waals surface area contributed by atoms with E-state index in [0.29, 0.717) is 10.9 Å². The van der Waals surface area contributed by atoms with Gasteiger partial charge in [0.15, 0.2) is 5.11 Å². The summed E-state index contributed by atoms with van der Waals surface area (Å²) in [5.74, 6) is 0.545. The fraction of sp³-hybridized carbons (Fsp3) is 0.167. The third-order valence-corrected chi connectivity index (χ3v) is 6.13. The van der Waals surface area contributed by atoms with Gasteiger partial charge in [0.2, 0.25) is 5.91 Å². The van der Waals surface area contributed by atoms with Gasteiger partial charge in [0.05, 0.1) is 5.75 Å². The molecule has 0 radical (unpaired) electrons. The molecule has 6 heteroatoms. The van der Waals surface area contributed by atoms with Crippen LogP contribution in [-0.2, 0) is 11.2 Å². The van der Waals surface area contributed by atoms with E-state index in [0.717, 1.165) is 34.9 Å². The van der Waals surface area contributed by atoms with Crippen molar-refractivity contribution in [3.8, 4) is 0 Å². The van der Waals surface area contributed by atoms with Crippen LogP contribution in [0.15, 0.2) is 77.7 Å². The second-order valence-corrected chi connectivity index (χ2v) is 8.64. The Bertz CT molecular complexity index is 1070. The minimum Gasteiger partial charge on any atom is -0.332 e. The lowest BCUT2D eigenvalue weighted by atomic mass is 10.2. The summed E-state index contributed by atoms with van der Waals surface area (Å²) in [6.45, 7) is 2.82. The van der Waals surface area contributed by atoms with Crippen molar-refractivity contribution in [3.63, 3.8) is 0 Å². The number of hydrogen-bond donors (Lipinski definition) is 2. The van der Waals surface area contributed by atoms with Gasteiger partial charge in [-0.3, -0.25) is 4.79 Å². The number of amides is 1. The average Bonchev–Trinajstić information content (AvgIpc) is 3.18. The molecule has 0 bridgehead atoms. The van der Waals surface area contributed by atoms with Crippen molar-refractivity contribution < 1.29 is 4.79 Å². The highest BCUT2D eigenvalue weighted by Crippen LogP contribution is 2.29. The minimum absolute atomic E-state index is 0.139. The van der Waals surface area contributed by atoms with Crippen LogP contribution in [-0.4, -0.2) is 23.3 Å². The van der Waals surface area contributed by atoms with Crippen molar-refractivity contribution in [2.45, 2.75) is 18.2 Å². The Labute approximate surface area is 186 Å². The number of carbonyl (C=O) groups excluding carboxylic acids is 1. The molecule has 1 aliphatic rings. The summed E-state index contributed by atoms with van der Waals surface area (Å²) >= 11 is 6.96. The highest BCUT2D eigenvalue weighted by Gasteiger charge is 2.23. The monoisotopic (exact) mass is 433 g/mol. The molecule has 0 fully saturated rings.